The van der Waals surface area contributed by atoms with E-state index in [1.807, 2.05) is 0 Å². The molecule has 0 aromatic heterocycles. The van der Waals surface area contributed by atoms with Crippen LogP contribution in [0.1, 0.15) is 32.1 Å². The van der Waals surface area contributed by atoms with Crippen LogP contribution in [0.4, 0.5) is 0 Å². The summed E-state index contributed by atoms with van der Waals surface area (Å²) in [6, 6.07) is 0. The molecule has 0 spiro atoms. The minimum atomic E-state index is -0.655. The normalized spacial score (nSPS) is 28.4. The smallest absolute Gasteiger partial charge is 0.303 e. The molecule has 2 heterocycles. The Hall–Kier alpha value is -0.610. The van der Waals surface area contributed by atoms with E-state index in [4.69, 9.17) is 9.84 Å². The van der Waals surface area contributed by atoms with Gasteiger partial charge in [0, 0.05) is 19.6 Å². The van der Waals surface area contributed by atoms with Gasteiger partial charge in [0.2, 0.25) is 0 Å². The summed E-state index contributed by atoms with van der Waals surface area (Å²) < 4.78 is 5.61. The van der Waals surface area contributed by atoms with E-state index in [2.05, 4.69) is 4.90 Å². The van der Waals surface area contributed by atoms with Crippen molar-refractivity contribution in [2.45, 2.75) is 38.2 Å². The van der Waals surface area contributed by atoms with E-state index in [1.54, 1.807) is 0 Å². The molecule has 2 saturated heterocycles. The van der Waals surface area contributed by atoms with E-state index >= 15 is 0 Å². The zero-order valence-corrected chi connectivity index (χ0v) is 9.73. The zero-order chi connectivity index (χ0) is 11.4. The van der Waals surface area contributed by atoms with E-state index in [0.29, 0.717) is 18.4 Å². The number of carboxylic acid groups (broad SMARTS) is 1. The molecule has 0 aromatic carbocycles. The second-order valence-corrected chi connectivity index (χ2v) is 4.98. The fraction of sp³-hybridized carbons (Fsp3) is 0.917. The van der Waals surface area contributed by atoms with Crippen LogP contribution in [0.5, 0.6) is 0 Å². The van der Waals surface area contributed by atoms with Crippen molar-refractivity contribution in [3.63, 3.8) is 0 Å². The summed E-state index contributed by atoms with van der Waals surface area (Å²) in [5.41, 5.74) is 0. The second-order valence-electron chi connectivity index (χ2n) is 4.98. The molecule has 92 valence electrons. The van der Waals surface area contributed by atoms with Crippen LogP contribution in [0.3, 0.4) is 0 Å². The fourth-order valence-electron chi connectivity index (χ4n) is 2.70. The first kappa shape index (κ1) is 11.9. The highest BCUT2D eigenvalue weighted by Gasteiger charge is 2.24. The van der Waals surface area contributed by atoms with Crippen LogP contribution < -0.4 is 0 Å². The third-order valence-electron chi connectivity index (χ3n) is 3.66. The largest absolute Gasteiger partial charge is 0.481 e. The molecule has 2 rings (SSSR count). The van der Waals surface area contributed by atoms with Crippen molar-refractivity contribution in [2.75, 3.05) is 26.2 Å². The van der Waals surface area contributed by atoms with Crippen molar-refractivity contribution in [2.24, 2.45) is 5.92 Å². The highest BCUT2D eigenvalue weighted by atomic mass is 16.5. The third kappa shape index (κ3) is 3.46. The van der Waals surface area contributed by atoms with Gasteiger partial charge in [-0.15, -0.1) is 0 Å². The Morgan fingerprint density at radius 3 is 2.62 bits per heavy atom. The molecule has 0 bridgehead atoms. The molecule has 0 amide bonds. The lowest BCUT2D eigenvalue weighted by atomic mass is 9.93. The average molecular weight is 227 g/mol. The SMILES string of the molecule is O=C(O)CC1CCN(C[C@H]2CCCO2)CC1. The van der Waals surface area contributed by atoms with Crippen LogP contribution in [0, 0.1) is 5.92 Å². The molecule has 0 aliphatic carbocycles. The summed E-state index contributed by atoms with van der Waals surface area (Å²) in [6.07, 6.45) is 5.21. The van der Waals surface area contributed by atoms with Crippen LogP contribution in [0.15, 0.2) is 0 Å². The number of nitrogens with zero attached hydrogens (tertiary/aromatic N) is 1. The number of likely N-dealkylation sites (tertiary alicyclic amines) is 1. The van der Waals surface area contributed by atoms with Gasteiger partial charge in [-0.1, -0.05) is 0 Å². The Bertz CT molecular complexity index is 230. The van der Waals surface area contributed by atoms with Crippen molar-refractivity contribution in [3.8, 4) is 0 Å². The molecule has 2 fully saturated rings. The highest BCUT2D eigenvalue weighted by Crippen LogP contribution is 2.22. The van der Waals surface area contributed by atoms with Crippen LogP contribution in [-0.4, -0.2) is 48.3 Å². The van der Waals surface area contributed by atoms with E-state index < -0.39 is 5.97 Å². The van der Waals surface area contributed by atoms with E-state index in [1.165, 1.54) is 12.8 Å². The molecule has 2 aliphatic heterocycles. The summed E-state index contributed by atoms with van der Waals surface area (Å²) in [7, 11) is 0. The van der Waals surface area contributed by atoms with Gasteiger partial charge in [0.05, 0.1) is 6.10 Å². The number of carboxylic acids is 1. The maximum absolute atomic E-state index is 10.6. The third-order valence-corrected chi connectivity index (χ3v) is 3.66. The first-order valence-electron chi connectivity index (χ1n) is 6.30. The van der Waals surface area contributed by atoms with Gasteiger partial charge < -0.3 is 14.7 Å². The Morgan fingerprint density at radius 2 is 2.06 bits per heavy atom. The van der Waals surface area contributed by atoms with Gasteiger partial charge in [-0.05, 0) is 44.7 Å². The second kappa shape index (κ2) is 5.64. The summed E-state index contributed by atoms with van der Waals surface area (Å²) >= 11 is 0. The maximum atomic E-state index is 10.6. The number of carbonyl (C=O) groups is 1. The summed E-state index contributed by atoms with van der Waals surface area (Å²) in [5, 5.41) is 8.73. The zero-order valence-electron chi connectivity index (χ0n) is 9.73. The topological polar surface area (TPSA) is 49.8 Å². The molecule has 4 heteroatoms. The van der Waals surface area contributed by atoms with Crippen molar-refractivity contribution >= 4 is 5.97 Å². The van der Waals surface area contributed by atoms with Gasteiger partial charge in [-0.2, -0.15) is 0 Å². The fourth-order valence-corrected chi connectivity index (χ4v) is 2.70. The molecule has 0 radical (unpaired) electrons. The molecular weight excluding hydrogens is 206 g/mol. The Morgan fingerprint density at radius 1 is 1.31 bits per heavy atom. The summed E-state index contributed by atoms with van der Waals surface area (Å²) in [6.45, 7) is 4.04. The lowest BCUT2D eigenvalue weighted by Gasteiger charge is -2.32. The van der Waals surface area contributed by atoms with Crippen LogP contribution in [0.25, 0.3) is 0 Å². The Balaban J connectivity index is 1.66. The Kier molecular flexibility index (Phi) is 4.18. The van der Waals surface area contributed by atoms with Crippen molar-refractivity contribution in [1.82, 2.24) is 4.90 Å². The predicted molar refractivity (Wildman–Crippen MR) is 60.4 cm³/mol. The lowest BCUT2D eigenvalue weighted by molar-refractivity contribution is -0.138. The average Bonchev–Trinajstić information content (AvgIpc) is 2.73. The van der Waals surface area contributed by atoms with Crippen molar-refractivity contribution < 1.29 is 14.6 Å². The quantitative estimate of drug-likeness (QED) is 0.787. The molecule has 4 nitrogen and oxygen atoms in total. The number of hydrogen-bond donors (Lipinski definition) is 1. The molecule has 0 aromatic rings. The highest BCUT2D eigenvalue weighted by molar-refractivity contribution is 5.67. The van der Waals surface area contributed by atoms with Crippen LogP contribution >= 0.6 is 0 Å². The van der Waals surface area contributed by atoms with Crippen LogP contribution in [-0.2, 0) is 9.53 Å². The number of ether oxygens (including phenoxy) is 1. The molecular formula is C12H21NO3. The van der Waals surface area contributed by atoms with E-state index in [-0.39, 0.29) is 0 Å². The van der Waals surface area contributed by atoms with E-state index in [0.717, 1.165) is 39.1 Å². The lowest BCUT2D eigenvalue weighted by Crippen LogP contribution is -2.39. The Labute approximate surface area is 96.6 Å². The monoisotopic (exact) mass is 227 g/mol. The molecule has 16 heavy (non-hydrogen) atoms. The van der Waals surface area contributed by atoms with Crippen molar-refractivity contribution in [1.29, 1.82) is 0 Å². The molecule has 1 N–H and O–H groups in total. The molecule has 2 aliphatic rings. The molecule has 1 atom stereocenters. The first-order chi connectivity index (χ1) is 7.74. The molecule has 0 unspecified atom stereocenters. The molecule has 0 saturated carbocycles. The standard InChI is InChI=1S/C12H21NO3/c14-12(15)8-10-3-5-13(6-4-10)9-11-2-1-7-16-11/h10-11H,1-9H2,(H,14,15)/t11-/m1/s1. The first-order valence-corrected chi connectivity index (χ1v) is 6.30. The number of hydrogen-bond acceptors (Lipinski definition) is 3. The minimum absolute atomic E-state index is 0.341. The van der Waals surface area contributed by atoms with Gasteiger partial charge in [-0.3, -0.25) is 4.79 Å². The summed E-state index contributed by atoms with van der Waals surface area (Å²) in [4.78, 5) is 13.0. The number of rotatable bonds is 4. The van der Waals surface area contributed by atoms with Crippen LogP contribution in [0.2, 0.25) is 0 Å². The van der Waals surface area contributed by atoms with Crippen molar-refractivity contribution in [3.05, 3.63) is 0 Å². The summed E-state index contributed by atoms with van der Waals surface area (Å²) in [5.74, 6) is -0.268. The van der Waals surface area contributed by atoms with E-state index in [9.17, 15) is 4.79 Å². The number of aliphatic carboxylic acids is 1. The maximum Gasteiger partial charge on any atom is 0.303 e. The van der Waals surface area contributed by atoms with Gasteiger partial charge in [-0.25, -0.2) is 0 Å². The minimum Gasteiger partial charge on any atom is -0.481 e. The predicted octanol–water partition coefficient (Wildman–Crippen LogP) is 1.35. The van der Waals surface area contributed by atoms with Gasteiger partial charge in [0.25, 0.3) is 0 Å². The van der Waals surface area contributed by atoms with Gasteiger partial charge in [0.1, 0.15) is 0 Å². The van der Waals surface area contributed by atoms with Gasteiger partial charge in [0.15, 0.2) is 0 Å². The number of piperidine rings is 1. The van der Waals surface area contributed by atoms with Gasteiger partial charge >= 0.3 is 5.97 Å².